The molecule has 0 bridgehead atoms. The van der Waals surface area contributed by atoms with Gasteiger partial charge >= 0.3 is 11.9 Å². The summed E-state index contributed by atoms with van der Waals surface area (Å²) in [6.45, 7) is 3.94. The summed E-state index contributed by atoms with van der Waals surface area (Å²) < 4.78 is 39.5. The largest absolute Gasteiger partial charge is 0.423 e. The molecule has 4 aromatic rings. The molecule has 48 heavy (non-hydrogen) atoms. The molecule has 0 saturated carbocycles. The molecule has 3 aliphatic heterocycles. The van der Waals surface area contributed by atoms with Gasteiger partial charge in [0.15, 0.2) is 0 Å². The minimum Gasteiger partial charge on any atom is -0.423 e. The topological polar surface area (TPSA) is 89.5 Å². The number of hydrogen-bond acceptors (Lipinski definition) is 8. The van der Waals surface area contributed by atoms with Gasteiger partial charge in [-0.15, -0.1) is 0 Å². The second-order valence-electron chi connectivity index (χ2n) is 11.6. The molecule has 10 heteroatoms. The fraction of sp³-hybridized carbons (Fsp3) is 0.211. The Balaban J connectivity index is 1.07. The maximum absolute atomic E-state index is 12.9. The molecule has 0 aliphatic carbocycles. The molecule has 0 N–H and O–H groups in total. The predicted octanol–water partition coefficient (Wildman–Crippen LogP) is 8.65. The van der Waals surface area contributed by atoms with E-state index in [9.17, 15) is 9.59 Å². The lowest BCUT2D eigenvalue weighted by Crippen LogP contribution is -2.62. The molecule has 4 aromatic carbocycles. The summed E-state index contributed by atoms with van der Waals surface area (Å²) in [5.41, 5.74) is 3.97. The molecule has 8 nitrogen and oxygen atoms in total. The molecular formula is C38H30Br2O8. The number of hydrogen-bond donors (Lipinski definition) is 0. The Kier molecular flexibility index (Phi) is 8.97. The Morgan fingerprint density at radius 2 is 1.02 bits per heavy atom. The van der Waals surface area contributed by atoms with Crippen molar-refractivity contribution >= 4 is 56.0 Å². The highest BCUT2D eigenvalue weighted by Crippen LogP contribution is 2.44. The van der Waals surface area contributed by atoms with Crippen molar-refractivity contribution < 1.29 is 38.0 Å². The van der Waals surface area contributed by atoms with Crippen molar-refractivity contribution in [1.29, 1.82) is 0 Å². The minimum atomic E-state index is -1.25. The van der Waals surface area contributed by atoms with Crippen molar-refractivity contribution in [3.63, 3.8) is 0 Å². The summed E-state index contributed by atoms with van der Waals surface area (Å²) in [7, 11) is 0. The van der Waals surface area contributed by atoms with Gasteiger partial charge in [-0.3, -0.25) is 0 Å². The van der Waals surface area contributed by atoms with Crippen LogP contribution in [0.2, 0.25) is 0 Å². The molecule has 2 spiro atoms. The lowest BCUT2D eigenvalue weighted by molar-refractivity contribution is -0.408. The molecule has 3 heterocycles. The fourth-order valence-corrected chi connectivity index (χ4v) is 6.43. The first-order chi connectivity index (χ1) is 23.1. The number of rotatable bonds is 4. The number of ether oxygens (including phenoxy) is 6. The number of carbonyl (C=O) groups is 2. The molecule has 0 radical (unpaired) electrons. The van der Waals surface area contributed by atoms with E-state index in [-0.39, 0.29) is 13.2 Å². The van der Waals surface area contributed by atoms with Gasteiger partial charge < -0.3 is 28.4 Å². The van der Waals surface area contributed by atoms with Crippen LogP contribution in [0.5, 0.6) is 11.5 Å². The molecule has 3 aliphatic rings. The van der Waals surface area contributed by atoms with Crippen LogP contribution < -0.4 is 9.47 Å². The highest BCUT2D eigenvalue weighted by atomic mass is 79.9. The summed E-state index contributed by atoms with van der Waals surface area (Å²) in [6, 6.07) is 25.0. The summed E-state index contributed by atoms with van der Waals surface area (Å²) in [4.78, 5) is 25.9. The van der Waals surface area contributed by atoms with Gasteiger partial charge in [0.25, 0.3) is 0 Å². The summed E-state index contributed by atoms with van der Waals surface area (Å²) in [5.74, 6) is -2.63. The van der Waals surface area contributed by atoms with Crippen LogP contribution >= 0.6 is 31.9 Å². The van der Waals surface area contributed by atoms with Gasteiger partial charge in [0.05, 0.1) is 24.3 Å². The van der Waals surface area contributed by atoms with Crippen molar-refractivity contribution in [2.75, 3.05) is 0 Å². The Bertz CT molecular complexity index is 1800. The molecule has 0 amide bonds. The highest BCUT2D eigenvalue weighted by Gasteiger charge is 2.54. The van der Waals surface area contributed by atoms with Crippen LogP contribution in [0.25, 0.3) is 12.2 Å². The quantitative estimate of drug-likeness (QED) is 0.151. The molecule has 0 aromatic heterocycles. The molecule has 4 atom stereocenters. The van der Waals surface area contributed by atoms with E-state index in [1.165, 1.54) is 0 Å². The number of carbonyl (C=O) groups excluding carboxylic acids is 2. The standard InChI is InChI=1S/C38H30Br2O8/c1-23-37(19-17-25-5-3-7-33(31(25)21-43-37)45-35(41)27-9-13-29(39)14-10-27)48-24(2)38(47-23)20-18-26-6-4-8-34(32(26)22-44-38)46-36(42)28-11-15-30(40)16-12-28/h3-20,23-24H,21-22H2,1-2H3/t23-,24-,37+,38+/m0/s1. The Morgan fingerprint density at radius 1 is 0.625 bits per heavy atom. The monoisotopic (exact) mass is 772 g/mol. The van der Waals surface area contributed by atoms with Crippen LogP contribution in [-0.4, -0.2) is 35.7 Å². The second-order valence-corrected chi connectivity index (χ2v) is 13.5. The predicted molar refractivity (Wildman–Crippen MR) is 185 cm³/mol. The van der Waals surface area contributed by atoms with Gasteiger partial charge in [0.1, 0.15) is 23.7 Å². The first-order valence-electron chi connectivity index (χ1n) is 15.4. The Labute approximate surface area is 294 Å². The van der Waals surface area contributed by atoms with Crippen LogP contribution in [0.15, 0.2) is 106 Å². The van der Waals surface area contributed by atoms with Gasteiger partial charge in [-0.25, -0.2) is 9.59 Å². The molecule has 1 fully saturated rings. The van der Waals surface area contributed by atoms with Crippen LogP contribution in [0, 0.1) is 0 Å². The van der Waals surface area contributed by atoms with E-state index in [0.29, 0.717) is 33.8 Å². The Hall–Kier alpha value is -3.90. The van der Waals surface area contributed by atoms with Gasteiger partial charge in [-0.05, 0) is 97.8 Å². The number of benzene rings is 4. The first-order valence-corrected chi connectivity index (χ1v) is 16.9. The normalized spacial score (nSPS) is 24.3. The maximum atomic E-state index is 12.9. The smallest absolute Gasteiger partial charge is 0.343 e. The summed E-state index contributed by atoms with van der Waals surface area (Å²) in [5, 5.41) is 0. The number of halogens is 2. The second kappa shape index (κ2) is 13.2. The Morgan fingerprint density at radius 3 is 1.42 bits per heavy atom. The van der Waals surface area contributed by atoms with Crippen molar-refractivity contribution in [3.8, 4) is 11.5 Å². The van der Waals surface area contributed by atoms with E-state index in [2.05, 4.69) is 31.9 Å². The van der Waals surface area contributed by atoms with Crippen LogP contribution in [-0.2, 0) is 32.2 Å². The molecule has 7 rings (SSSR count). The SMILES string of the molecule is C[C@@H]1O[C@]2(C=Cc3cccc(OC(=O)c4ccc(Br)cc4)c3CO2)[C@H](C)O[C@]12C=Cc1cccc(OC(=O)c3ccc(Br)cc3)c1CO2. The van der Waals surface area contributed by atoms with Crippen molar-refractivity contribution in [1.82, 2.24) is 0 Å². The van der Waals surface area contributed by atoms with Gasteiger partial charge in [-0.2, -0.15) is 0 Å². The van der Waals surface area contributed by atoms with E-state index < -0.39 is 35.7 Å². The zero-order valence-corrected chi connectivity index (χ0v) is 29.2. The van der Waals surface area contributed by atoms with Crippen molar-refractivity contribution in [3.05, 3.63) is 139 Å². The fourth-order valence-electron chi connectivity index (χ4n) is 5.91. The van der Waals surface area contributed by atoms with Gasteiger partial charge in [-0.1, -0.05) is 68.3 Å². The average molecular weight is 774 g/mol. The van der Waals surface area contributed by atoms with Crippen molar-refractivity contribution in [2.24, 2.45) is 0 Å². The van der Waals surface area contributed by atoms with E-state index in [1.807, 2.05) is 62.4 Å². The summed E-state index contributed by atoms with van der Waals surface area (Å²) in [6.07, 6.45) is 6.23. The zero-order valence-electron chi connectivity index (χ0n) is 26.0. The third-order valence-corrected chi connectivity index (χ3v) is 9.69. The zero-order chi connectivity index (χ0) is 33.5. The van der Waals surface area contributed by atoms with E-state index in [1.54, 1.807) is 60.7 Å². The molecule has 0 unspecified atom stereocenters. The minimum absolute atomic E-state index is 0.106. The van der Waals surface area contributed by atoms with Crippen molar-refractivity contribution in [2.45, 2.75) is 50.8 Å². The third kappa shape index (κ3) is 6.32. The molecule has 244 valence electrons. The van der Waals surface area contributed by atoms with E-state index in [4.69, 9.17) is 28.4 Å². The van der Waals surface area contributed by atoms with Crippen LogP contribution in [0.4, 0.5) is 0 Å². The maximum Gasteiger partial charge on any atom is 0.343 e. The molecular weight excluding hydrogens is 744 g/mol. The summed E-state index contributed by atoms with van der Waals surface area (Å²) >= 11 is 6.78. The number of esters is 2. The highest BCUT2D eigenvalue weighted by molar-refractivity contribution is 9.10. The van der Waals surface area contributed by atoms with Gasteiger partial charge in [0.2, 0.25) is 11.6 Å². The van der Waals surface area contributed by atoms with Crippen LogP contribution in [0.1, 0.15) is 56.8 Å². The van der Waals surface area contributed by atoms with Gasteiger partial charge in [0, 0.05) is 20.1 Å². The van der Waals surface area contributed by atoms with Crippen LogP contribution in [0.3, 0.4) is 0 Å². The lowest BCUT2D eigenvalue weighted by Gasteiger charge is -2.50. The third-order valence-electron chi connectivity index (χ3n) is 8.63. The average Bonchev–Trinajstić information content (AvgIpc) is 3.39. The first kappa shape index (κ1) is 32.6. The number of fused-ring (bicyclic) bond motifs is 2. The van der Waals surface area contributed by atoms with E-state index in [0.717, 1.165) is 20.1 Å². The lowest BCUT2D eigenvalue weighted by atomic mass is 10.0. The van der Waals surface area contributed by atoms with E-state index >= 15 is 0 Å². The molecule has 1 saturated heterocycles.